The number of thiophene rings is 1. The van der Waals surface area contributed by atoms with Gasteiger partial charge in [0, 0.05) is 10.4 Å². The number of rotatable bonds is 2. The van der Waals surface area contributed by atoms with Crippen LogP contribution in [0.25, 0.3) is 10.2 Å². The van der Waals surface area contributed by atoms with Crippen molar-refractivity contribution in [1.82, 2.24) is 14.7 Å². The van der Waals surface area contributed by atoms with E-state index in [9.17, 15) is 4.79 Å². The second kappa shape index (κ2) is 5.30. The quantitative estimate of drug-likeness (QED) is 0.724. The molecule has 0 bridgehead atoms. The van der Waals surface area contributed by atoms with Crippen molar-refractivity contribution in [2.45, 2.75) is 46.6 Å². The summed E-state index contributed by atoms with van der Waals surface area (Å²) in [5.41, 5.74) is 3.08. The lowest BCUT2D eigenvalue weighted by atomic mass is 9.89. The molecule has 0 radical (unpaired) electrons. The van der Waals surface area contributed by atoms with Crippen molar-refractivity contribution in [2.75, 3.05) is 0 Å². The number of hydrogen-bond donors (Lipinski definition) is 0. The highest BCUT2D eigenvalue weighted by Gasteiger charge is 2.23. The Morgan fingerprint density at radius 2 is 2.26 bits per heavy atom. The fraction of sp³-hybridized carbons (Fsp3) is 0.471. The number of nitrogens with zero attached hydrogens (tertiary/aromatic N) is 3. The maximum atomic E-state index is 13.0. The molecule has 1 aliphatic carbocycles. The van der Waals surface area contributed by atoms with E-state index in [-0.39, 0.29) is 5.56 Å². The Labute approximate surface area is 138 Å². The lowest BCUT2D eigenvalue weighted by molar-refractivity contribution is 0.392. The first-order chi connectivity index (χ1) is 11.0. The lowest BCUT2D eigenvalue weighted by Gasteiger charge is -2.17. The van der Waals surface area contributed by atoms with E-state index in [1.54, 1.807) is 22.2 Å². The normalized spacial score (nSPS) is 17.6. The van der Waals surface area contributed by atoms with Crippen LogP contribution in [0.15, 0.2) is 15.6 Å². The van der Waals surface area contributed by atoms with E-state index >= 15 is 0 Å². The summed E-state index contributed by atoms with van der Waals surface area (Å²) in [6.07, 6.45) is 4.86. The Kier molecular flexibility index (Phi) is 3.37. The summed E-state index contributed by atoms with van der Waals surface area (Å²) in [6.45, 7) is 6.51. The summed E-state index contributed by atoms with van der Waals surface area (Å²) < 4.78 is 6.88. The molecule has 3 aromatic rings. The summed E-state index contributed by atoms with van der Waals surface area (Å²) in [4.78, 5) is 19.7. The van der Waals surface area contributed by atoms with Crippen LogP contribution in [0.3, 0.4) is 0 Å². The third kappa shape index (κ3) is 2.32. The molecule has 0 saturated carbocycles. The van der Waals surface area contributed by atoms with Gasteiger partial charge in [-0.1, -0.05) is 12.1 Å². The third-order valence-corrected chi connectivity index (χ3v) is 5.95. The third-order valence-electron chi connectivity index (χ3n) is 4.79. The fourth-order valence-corrected chi connectivity index (χ4v) is 4.72. The van der Waals surface area contributed by atoms with Crippen molar-refractivity contribution < 1.29 is 4.52 Å². The van der Waals surface area contributed by atoms with Gasteiger partial charge in [-0.05, 0) is 44.6 Å². The van der Waals surface area contributed by atoms with E-state index in [2.05, 4.69) is 17.1 Å². The molecule has 0 fully saturated rings. The smallest absolute Gasteiger partial charge is 0.262 e. The van der Waals surface area contributed by atoms with E-state index in [4.69, 9.17) is 4.52 Å². The van der Waals surface area contributed by atoms with Crippen LogP contribution < -0.4 is 5.56 Å². The molecule has 0 unspecified atom stereocenters. The highest BCUT2D eigenvalue weighted by molar-refractivity contribution is 7.18. The van der Waals surface area contributed by atoms with Gasteiger partial charge in [-0.15, -0.1) is 11.3 Å². The molecule has 3 heterocycles. The van der Waals surface area contributed by atoms with Crippen LogP contribution in [0.4, 0.5) is 0 Å². The number of fused-ring (bicyclic) bond motifs is 3. The van der Waals surface area contributed by atoms with Crippen LogP contribution in [0.1, 0.15) is 40.8 Å². The van der Waals surface area contributed by atoms with Crippen molar-refractivity contribution >= 4 is 21.6 Å². The summed E-state index contributed by atoms with van der Waals surface area (Å²) in [7, 11) is 0. The molecule has 0 amide bonds. The Morgan fingerprint density at radius 1 is 1.43 bits per heavy atom. The van der Waals surface area contributed by atoms with Crippen LogP contribution in [-0.2, 0) is 19.4 Å². The van der Waals surface area contributed by atoms with E-state index in [0.29, 0.717) is 12.5 Å². The minimum absolute atomic E-state index is 0.0575. The highest BCUT2D eigenvalue weighted by atomic mass is 32.1. The number of aryl methyl sites for hydroxylation is 3. The van der Waals surface area contributed by atoms with Gasteiger partial charge < -0.3 is 4.52 Å². The average Bonchev–Trinajstić information content (AvgIpc) is 3.04. The van der Waals surface area contributed by atoms with Gasteiger partial charge in [0.1, 0.15) is 10.6 Å². The van der Waals surface area contributed by atoms with Crippen LogP contribution in [0.2, 0.25) is 0 Å². The lowest BCUT2D eigenvalue weighted by Crippen LogP contribution is -2.22. The van der Waals surface area contributed by atoms with Crippen molar-refractivity contribution in [1.29, 1.82) is 0 Å². The maximum absolute atomic E-state index is 13.0. The molecule has 23 heavy (non-hydrogen) atoms. The zero-order valence-corrected chi connectivity index (χ0v) is 14.4. The molecule has 0 aliphatic heterocycles. The van der Waals surface area contributed by atoms with Crippen LogP contribution in [-0.4, -0.2) is 14.7 Å². The first kappa shape index (κ1) is 14.6. The first-order valence-corrected chi connectivity index (χ1v) is 8.77. The molecular weight excluding hydrogens is 310 g/mol. The molecule has 4 rings (SSSR count). The Hall–Kier alpha value is -1.95. The largest absolute Gasteiger partial charge is 0.361 e. The summed E-state index contributed by atoms with van der Waals surface area (Å²) in [6, 6.07) is 0. The SMILES string of the molecule is Cc1noc(C)c1Cn1cnc2sc3c(c2c1=O)CC[C@@H](C)C3. The van der Waals surface area contributed by atoms with Gasteiger partial charge in [0.25, 0.3) is 5.56 Å². The predicted octanol–water partition coefficient (Wildman–Crippen LogP) is 3.24. The van der Waals surface area contributed by atoms with Crippen LogP contribution in [0, 0.1) is 19.8 Å². The van der Waals surface area contributed by atoms with Gasteiger partial charge in [-0.3, -0.25) is 9.36 Å². The van der Waals surface area contributed by atoms with Crippen molar-refractivity contribution in [3.63, 3.8) is 0 Å². The molecule has 0 spiro atoms. The Bertz CT molecular complexity index is 931. The van der Waals surface area contributed by atoms with Gasteiger partial charge in [0.15, 0.2) is 0 Å². The van der Waals surface area contributed by atoms with E-state index in [1.165, 1.54) is 10.4 Å². The van der Waals surface area contributed by atoms with Crippen molar-refractivity contribution in [2.24, 2.45) is 5.92 Å². The second-order valence-corrected chi connectivity index (χ2v) is 7.60. The van der Waals surface area contributed by atoms with E-state index in [1.807, 2.05) is 13.8 Å². The molecule has 1 aliphatic rings. The van der Waals surface area contributed by atoms with E-state index in [0.717, 1.165) is 46.5 Å². The molecule has 0 saturated heterocycles. The Balaban J connectivity index is 1.84. The zero-order chi connectivity index (χ0) is 16.1. The first-order valence-electron chi connectivity index (χ1n) is 7.96. The molecular formula is C17H19N3O2S. The highest BCUT2D eigenvalue weighted by Crippen LogP contribution is 2.35. The van der Waals surface area contributed by atoms with Crippen molar-refractivity contribution in [3.8, 4) is 0 Å². The predicted molar refractivity (Wildman–Crippen MR) is 90.1 cm³/mol. The molecule has 6 heteroatoms. The Morgan fingerprint density at radius 3 is 3.00 bits per heavy atom. The fourth-order valence-electron chi connectivity index (χ4n) is 3.38. The van der Waals surface area contributed by atoms with Gasteiger partial charge in [-0.2, -0.15) is 0 Å². The van der Waals surface area contributed by atoms with Crippen LogP contribution >= 0.6 is 11.3 Å². The van der Waals surface area contributed by atoms with Gasteiger partial charge >= 0.3 is 0 Å². The summed E-state index contributed by atoms with van der Waals surface area (Å²) in [5.74, 6) is 1.45. The number of hydrogen-bond acceptors (Lipinski definition) is 5. The topological polar surface area (TPSA) is 60.9 Å². The molecule has 0 N–H and O–H groups in total. The van der Waals surface area contributed by atoms with Gasteiger partial charge in [-0.25, -0.2) is 4.98 Å². The molecule has 3 aromatic heterocycles. The summed E-state index contributed by atoms with van der Waals surface area (Å²) >= 11 is 1.69. The molecule has 5 nitrogen and oxygen atoms in total. The van der Waals surface area contributed by atoms with E-state index < -0.39 is 0 Å². The average molecular weight is 329 g/mol. The van der Waals surface area contributed by atoms with Gasteiger partial charge in [0.2, 0.25) is 0 Å². The van der Waals surface area contributed by atoms with Crippen molar-refractivity contribution in [3.05, 3.63) is 44.1 Å². The second-order valence-electron chi connectivity index (χ2n) is 6.51. The minimum Gasteiger partial charge on any atom is -0.361 e. The maximum Gasteiger partial charge on any atom is 0.262 e. The molecule has 120 valence electrons. The van der Waals surface area contributed by atoms with Gasteiger partial charge in [0.05, 0.1) is 24.0 Å². The molecule has 0 aromatic carbocycles. The molecule has 1 atom stereocenters. The zero-order valence-electron chi connectivity index (χ0n) is 13.5. The number of aromatic nitrogens is 3. The summed E-state index contributed by atoms with van der Waals surface area (Å²) in [5, 5.41) is 4.79. The van der Waals surface area contributed by atoms with Crippen LogP contribution in [0.5, 0.6) is 0 Å². The standard InChI is InChI=1S/C17H19N3O2S/c1-9-4-5-12-14(6-9)23-16-15(12)17(21)20(8-18-16)7-13-10(2)19-22-11(13)3/h8-9H,4-7H2,1-3H3/t9-/m1/s1. The minimum atomic E-state index is 0.0575. The monoisotopic (exact) mass is 329 g/mol.